The van der Waals surface area contributed by atoms with Crippen LogP contribution in [0.2, 0.25) is 0 Å². The third-order valence-electron chi connectivity index (χ3n) is 2.45. The number of hydrazine groups is 1. The van der Waals surface area contributed by atoms with Crippen LogP contribution < -0.4 is 16.2 Å². The molecule has 5 nitrogen and oxygen atoms in total. The molecule has 4 N–H and O–H groups in total. The van der Waals surface area contributed by atoms with Crippen molar-refractivity contribution >= 4 is 28.9 Å². The molecule has 2 rings (SSSR count). The van der Waals surface area contributed by atoms with E-state index < -0.39 is 0 Å². The number of phenolic OH excluding ortho intramolecular Hbond substituents is 1. The second-order valence-corrected chi connectivity index (χ2v) is 4.35. The van der Waals surface area contributed by atoms with Crippen molar-refractivity contribution in [1.82, 2.24) is 10.9 Å². The van der Waals surface area contributed by atoms with E-state index in [4.69, 9.17) is 17.3 Å². The Hall–Kier alpha value is -2.60. The first-order chi connectivity index (χ1) is 9.65. The first-order valence-electron chi connectivity index (χ1n) is 5.86. The van der Waals surface area contributed by atoms with Gasteiger partial charge in [-0.05, 0) is 48.6 Å². The van der Waals surface area contributed by atoms with Gasteiger partial charge in [-0.3, -0.25) is 15.6 Å². The van der Waals surface area contributed by atoms with Crippen LogP contribution in [-0.4, -0.2) is 16.1 Å². The molecule has 0 unspecified atom stereocenters. The first kappa shape index (κ1) is 13.8. The molecular formula is C14H13N3O2S. The van der Waals surface area contributed by atoms with Crippen molar-refractivity contribution in [2.24, 2.45) is 0 Å². The van der Waals surface area contributed by atoms with Gasteiger partial charge in [0.1, 0.15) is 5.75 Å². The van der Waals surface area contributed by atoms with E-state index in [0.29, 0.717) is 5.56 Å². The molecule has 6 heteroatoms. The lowest BCUT2D eigenvalue weighted by Crippen LogP contribution is -2.43. The Morgan fingerprint density at radius 1 is 0.950 bits per heavy atom. The molecule has 0 heterocycles. The van der Waals surface area contributed by atoms with Crippen molar-refractivity contribution < 1.29 is 9.90 Å². The molecule has 20 heavy (non-hydrogen) atoms. The van der Waals surface area contributed by atoms with Crippen LogP contribution in [0.4, 0.5) is 5.69 Å². The normalized spacial score (nSPS) is 9.60. The van der Waals surface area contributed by atoms with Gasteiger partial charge in [0.25, 0.3) is 5.91 Å². The van der Waals surface area contributed by atoms with Crippen molar-refractivity contribution in [3.63, 3.8) is 0 Å². The third-order valence-corrected chi connectivity index (χ3v) is 2.65. The summed E-state index contributed by atoms with van der Waals surface area (Å²) in [6, 6.07) is 15.3. The topological polar surface area (TPSA) is 73.4 Å². The molecule has 0 fully saturated rings. The molecule has 102 valence electrons. The second kappa shape index (κ2) is 6.53. The predicted octanol–water partition coefficient (Wildman–Crippen LogP) is 2.02. The third kappa shape index (κ3) is 3.96. The van der Waals surface area contributed by atoms with Crippen molar-refractivity contribution in [2.75, 3.05) is 5.32 Å². The number of carbonyl (C=O) groups excluding carboxylic acids is 1. The number of para-hydroxylation sites is 1. The number of nitrogens with one attached hydrogen (secondary N) is 3. The zero-order chi connectivity index (χ0) is 14.4. The molecule has 2 aromatic rings. The van der Waals surface area contributed by atoms with E-state index in [1.165, 1.54) is 24.3 Å². The predicted molar refractivity (Wildman–Crippen MR) is 81.4 cm³/mol. The maximum atomic E-state index is 11.8. The molecule has 0 spiro atoms. The van der Waals surface area contributed by atoms with Crippen molar-refractivity contribution in [2.45, 2.75) is 0 Å². The standard InChI is InChI=1S/C14H13N3O2S/c18-12-8-6-10(7-9-12)13(19)16-17-14(20)15-11-4-2-1-3-5-11/h1-9,18H,(H,16,19)(H2,15,17,20). The highest BCUT2D eigenvalue weighted by Gasteiger charge is 2.05. The molecule has 0 saturated carbocycles. The number of rotatable bonds is 2. The van der Waals surface area contributed by atoms with Gasteiger partial charge in [0, 0.05) is 11.3 Å². The molecule has 0 aromatic heterocycles. The molecule has 0 aliphatic carbocycles. The van der Waals surface area contributed by atoms with Crippen molar-refractivity contribution in [3.8, 4) is 5.75 Å². The quantitative estimate of drug-likeness (QED) is 0.502. The summed E-state index contributed by atoms with van der Waals surface area (Å²) >= 11 is 5.05. The number of carbonyl (C=O) groups is 1. The smallest absolute Gasteiger partial charge is 0.269 e. The Labute approximate surface area is 121 Å². The van der Waals surface area contributed by atoms with Gasteiger partial charge in [-0.15, -0.1) is 0 Å². The summed E-state index contributed by atoms with van der Waals surface area (Å²) in [5, 5.41) is 12.3. The van der Waals surface area contributed by atoms with Gasteiger partial charge in [0.05, 0.1) is 0 Å². The lowest BCUT2D eigenvalue weighted by molar-refractivity contribution is 0.0944. The van der Waals surface area contributed by atoms with Gasteiger partial charge in [-0.1, -0.05) is 18.2 Å². The Morgan fingerprint density at radius 3 is 2.25 bits per heavy atom. The maximum absolute atomic E-state index is 11.8. The fourth-order valence-corrected chi connectivity index (χ4v) is 1.65. The number of anilines is 1. The summed E-state index contributed by atoms with van der Waals surface area (Å²) in [6.07, 6.45) is 0. The molecule has 0 aliphatic heterocycles. The minimum absolute atomic E-state index is 0.107. The average molecular weight is 287 g/mol. The molecular weight excluding hydrogens is 274 g/mol. The lowest BCUT2D eigenvalue weighted by atomic mass is 10.2. The van der Waals surface area contributed by atoms with Gasteiger partial charge >= 0.3 is 0 Å². The summed E-state index contributed by atoms with van der Waals surface area (Å²) < 4.78 is 0. The zero-order valence-corrected chi connectivity index (χ0v) is 11.3. The largest absolute Gasteiger partial charge is 0.508 e. The molecule has 0 saturated heterocycles. The summed E-state index contributed by atoms with van der Waals surface area (Å²) in [4.78, 5) is 11.8. The van der Waals surface area contributed by atoms with Crippen LogP contribution in [0.25, 0.3) is 0 Å². The molecule has 0 radical (unpaired) electrons. The minimum Gasteiger partial charge on any atom is -0.508 e. The highest BCUT2D eigenvalue weighted by atomic mass is 32.1. The zero-order valence-electron chi connectivity index (χ0n) is 10.5. The maximum Gasteiger partial charge on any atom is 0.269 e. The number of hydrogen-bond acceptors (Lipinski definition) is 3. The summed E-state index contributed by atoms with van der Waals surface area (Å²) in [5.74, 6) is -0.238. The number of hydrogen-bond donors (Lipinski definition) is 4. The number of benzene rings is 2. The van der Waals surface area contributed by atoms with E-state index >= 15 is 0 Å². The second-order valence-electron chi connectivity index (χ2n) is 3.95. The van der Waals surface area contributed by atoms with E-state index in [9.17, 15) is 4.79 Å². The average Bonchev–Trinajstić information content (AvgIpc) is 2.46. The van der Waals surface area contributed by atoms with Crippen LogP contribution in [0.5, 0.6) is 5.75 Å². The fraction of sp³-hybridized carbons (Fsp3) is 0. The van der Waals surface area contributed by atoms with Crippen LogP contribution in [0.15, 0.2) is 54.6 Å². The molecule has 1 amide bonds. The van der Waals surface area contributed by atoms with Gasteiger partial charge < -0.3 is 10.4 Å². The molecule has 0 aliphatic rings. The Bertz CT molecular complexity index is 600. The van der Waals surface area contributed by atoms with Crippen LogP contribution >= 0.6 is 12.2 Å². The number of thiocarbonyl (C=S) groups is 1. The highest BCUT2D eigenvalue weighted by molar-refractivity contribution is 7.80. The molecule has 2 aromatic carbocycles. The number of aromatic hydroxyl groups is 1. The lowest BCUT2D eigenvalue weighted by Gasteiger charge is -2.11. The first-order valence-corrected chi connectivity index (χ1v) is 6.27. The fourth-order valence-electron chi connectivity index (χ4n) is 1.48. The Morgan fingerprint density at radius 2 is 1.60 bits per heavy atom. The van der Waals surface area contributed by atoms with Crippen LogP contribution in [-0.2, 0) is 0 Å². The van der Waals surface area contributed by atoms with E-state index in [2.05, 4.69) is 16.2 Å². The summed E-state index contributed by atoms with van der Waals surface area (Å²) in [7, 11) is 0. The van der Waals surface area contributed by atoms with E-state index in [0.717, 1.165) is 5.69 Å². The Kier molecular flexibility index (Phi) is 4.52. The van der Waals surface area contributed by atoms with Gasteiger partial charge in [0.2, 0.25) is 0 Å². The van der Waals surface area contributed by atoms with Crippen molar-refractivity contribution in [3.05, 3.63) is 60.2 Å². The van der Waals surface area contributed by atoms with E-state index in [1.807, 2.05) is 30.3 Å². The van der Waals surface area contributed by atoms with Gasteiger partial charge in [-0.25, -0.2) is 0 Å². The van der Waals surface area contributed by atoms with Crippen LogP contribution in [0.1, 0.15) is 10.4 Å². The number of amides is 1. The number of phenols is 1. The summed E-state index contributed by atoms with van der Waals surface area (Å²) in [5.41, 5.74) is 6.30. The van der Waals surface area contributed by atoms with Crippen molar-refractivity contribution in [1.29, 1.82) is 0 Å². The van der Waals surface area contributed by atoms with Crippen LogP contribution in [0.3, 0.4) is 0 Å². The van der Waals surface area contributed by atoms with Crippen LogP contribution in [0, 0.1) is 0 Å². The monoisotopic (exact) mass is 287 g/mol. The molecule has 0 atom stereocenters. The highest BCUT2D eigenvalue weighted by Crippen LogP contribution is 2.09. The van der Waals surface area contributed by atoms with Gasteiger partial charge in [-0.2, -0.15) is 0 Å². The minimum atomic E-state index is -0.345. The Balaban J connectivity index is 1.84. The molecule has 0 bridgehead atoms. The SMILES string of the molecule is O=C(NNC(=S)Nc1ccccc1)c1ccc(O)cc1. The van der Waals surface area contributed by atoms with E-state index in [1.54, 1.807) is 0 Å². The summed E-state index contributed by atoms with van der Waals surface area (Å²) in [6.45, 7) is 0. The van der Waals surface area contributed by atoms with Gasteiger partial charge in [0.15, 0.2) is 5.11 Å². The van der Waals surface area contributed by atoms with E-state index in [-0.39, 0.29) is 16.8 Å².